The smallest absolute Gasteiger partial charge is 0.0879 e. The summed E-state index contributed by atoms with van der Waals surface area (Å²) < 4.78 is 11.7. The predicted octanol–water partition coefficient (Wildman–Crippen LogP) is 1.30. The van der Waals surface area contributed by atoms with E-state index in [1.165, 1.54) is 6.42 Å². The molecule has 2 saturated heterocycles. The van der Waals surface area contributed by atoms with Crippen molar-refractivity contribution < 1.29 is 9.47 Å². The van der Waals surface area contributed by atoms with E-state index in [-0.39, 0.29) is 0 Å². The normalized spacial score (nSPS) is 87.0. The Labute approximate surface area is 94.7 Å². The van der Waals surface area contributed by atoms with Crippen molar-refractivity contribution in [1.29, 1.82) is 0 Å². The minimum Gasteiger partial charge on any atom is -0.369 e. The molecule has 84 valence electrons. The fourth-order valence-electron chi connectivity index (χ4n) is 7.33. The molecule has 0 amide bonds. The van der Waals surface area contributed by atoms with Gasteiger partial charge in [0.1, 0.15) is 0 Å². The van der Waals surface area contributed by atoms with Gasteiger partial charge in [0, 0.05) is 0 Å². The van der Waals surface area contributed by atoms with Gasteiger partial charge in [-0.05, 0) is 60.2 Å². The summed E-state index contributed by atoms with van der Waals surface area (Å²) in [7, 11) is 0. The Bertz CT molecular complexity index is 434. The van der Waals surface area contributed by atoms with Gasteiger partial charge >= 0.3 is 0 Å². The lowest BCUT2D eigenvalue weighted by atomic mass is 9.46. The Morgan fingerprint density at radius 3 is 2.25 bits per heavy atom. The number of hydrogen-bond acceptors (Lipinski definition) is 2. The third-order valence-corrected chi connectivity index (χ3v) is 7.68. The molecule has 12 atom stereocenters. The van der Waals surface area contributed by atoms with Crippen molar-refractivity contribution in [2.45, 2.75) is 37.3 Å². The first-order valence-corrected chi connectivity index (χ1v) is 7.24. The molecule has 2 heteroatoms. The fourth-order valence-corrected chi connectivity index (χ4v) is 7.33. The fraction of sp³-hybridized carbons (Fsp3) is 1.00. The van der Waals surface area contributed by atoms with Crippen LogP contribution in [0.25, 0.3) is 0 Å². The molecular formula is C14H16O2. The molecule has 16 heavy (non-hydrogen) atoms. The highest BCUT2D eigenvalue weighted by Crippen LogP contribution is 2.80. The molecule has 7 aliphatic rings. The minimum absolute atomic E-state index is 0.722. The van der Waals surface area contributed by atoms with Crippen molar-refractivity contribution in [1.82, 2.24) is 0 Å². The molecule has 0 radical (unpaired) electrons. The van der Waals surface area contributed by atoms with E-state index in [9.17, 15) is 0 Å². The monoisotopic (exact) mass is 216 g/mol. The van der Waals surface area contributed by atoms with Crippen LogP contribution >= 0.6 is 0 Å². The first-order chi connectivity index (χ1) is 7.93. The van der Waals surface area contributed by atoms with Crippen molar-refractivity contribution in [3.63, 3.8) is 0 Å². The Hall–Kier alpha value is -0.0800. The molecule has 7 rings (SSSR count). The van der Waals surface area contributed by atoms with E-state index in [0.717, 1.165) is 71.8 Å². The highest BCUT2D eigenvalue weighted by atomic mass is 16.6. The molecule has 0 spiro atoms. The van der Waals surface area contributed by atoms with Crippen LogP contribution in [0.2, 0.25) is 0 Å². The summed E-state index contributed by atoms with van der Waals surface area (Å²) in [5, 5.41) is 0. The molecule has 2 nitrogen and oxygen atoms in total. The van der Waals surface area contributed by atoms with Crippen molar-refractivity contribution >= 4 is 0 Å². The van der Waals surface area contributed by atoms with Crippen LogP contribution in [0, 0.1) is 47.3 Å². The molecular weight excluding hydrogens is 200 g/mol. The summed E-state index contributed by atoms with van der Waals surface area (Å²) in [5.41, 5.74) is 0. The molecule has 2 heterocycles. The van der Waals surface area contributed by atoms with Crippen LogP contribution in [0.5, 0.6) is 0 Å². The van der Waals surface area contributed by atoms with Gasteiger partial charge in [-0.2, -0.15) is 0 Å². The summed E-state index contributed by atoms with van der Waals surface area (Å²) in [6.45, 7) is 0. The van der Waals surface area contributed by atoms with Crippen molar-refractivity contribution in [3.8, 4) is 0 Å². The topological polar surface area (TPSA) is 25.1 Å². The molecule has 7 fully saturated rings. The second kappa shape index (κ2) is 1.81. The van der Waals surface area contributed by atoms with E-state index >= 15 is 0 Å². The number of epoxide rings is 2. The maximum atomic E-state index is 5.87. The second-order valence-corrected chi connectivity index (χ2v) is 7.57. The lowest BCUT2D eigenvalue weighted by Crippen LogP contribution is -2.59. The van der Waals surface area contributed by atoms with Gasteiger partial charge in [0.15, 0.2) is 0 Å². The van der Waals surface area contributed by atoms with Crippen LogP contribution in [0.15, 0.2) is 0 Å². The number of hydrogen-bond donors (Lipinski definition) is 0. The Balaban J connectivity index is 1.36. The summed E-state index contributed by atoms with van der Waals surface area (Å²) in [4.78, 5) is 0. The molecule has 0 N–H and O–H groups in total. The average Bonchev–Trinajstić information content (AvgIpc) is 3.04. The SMILES string of the molecule is C1C2C3CC4C5C6OC6C5C4C3C1C1OC21. The maximum absolute atomic E-state index is 5.87. The maximum Gasteiger partial charge on any atom is 0.0879 e. The van der Waals surface area contributed by atoms with Gasteiger partial charge < -0.3 is 9.47 Å². The Morgan fingerprint density at radius 1 is 0.500 bits per heavy atom. The molecule has 0 aromatic heterocycles. The highest BCUT2D eigenvalue weighted by Gasteiger charge is 2.82. The Morgan fingerprint density at radius 2 is 1.25 bits per heavy atom. The largest absolute Gasteiger partial charge is 0.369 e. The van der Waals surface area contributed by atoms with Crippen LogP contribution in [-0.4, -0.2) is 24.4 Å². The first-order valence-electron chi connectivity index (χ1n) is 7.24. The van der Waals surface area contributed by atoms with Crippen LogP contribution < -0.4 is 0 Å². The van der Waals surface area contributed by atoms with Crippen molar-refractivity contribution in [2.24, 2.45) is 47.3 Å². The third-order valence-electron chi connectivity index (χ3n) is 7.68. The molecule has 0 aromatic rings. The zero-order valence-corrected chi connectivity index (χ0v) is 9.16. The van der Waals surface area contributed by atoms with Crippen LogP contribution in [-0.2, 0) is 9.47 Å². The predicted molar refractivity (Wildman–Crippen MR) is 54.5 cm³/mol. The summed E-state index contributed by atoms with van der Waals surface area (Å²) >= 11 is 0. The van der Waals surface area contributed by atoms with E-state index in [4.69, 9.17) is 9.47 Å². The number of rotatable bonds is 0. The molecule has 0 aromatic carbocycles. The van der Waals surface area contributed by atoms with Gasteiger partial charge in [-0.3, -0.25) is 0 Å². The van der Waals surface area contributed by atoms with E-state index < -0.39 is 0 Å². The summed E-state index contributed by atoms with van der Waals surface area (Å²) in [6, 6.07) is 0. The van der Waals surface area contributed by atoms with Gasteiger partial charge in [-0.1, -0.05) is 0 Å². The second-order valence-electron chi connectivity index (χ2n) is 7.57. The van der Waals surface area contributed by atoms with Gasteiger partial charge in [0.05, 0.1) is 24.4 Å². The Kier molecular flexibility index (Phi) is 0.836. The first kappa shape index (κ1) is 7.38. The van der Waals surface area contributed by atoms with E-state index in [1.54, 1.807) is 6.42 Å². The minimum atomic E-state index is 0.722. The van der Waals surface area contributed by atoms with Gasteiger partial charge in [0.2, 0.25) is 0 Å². The molecule has 5 aliphatic carbocycles. The molecule has 12 unspecified atom stereocenters. The van der Waals surface area contributed by atoms with E-state index in [1.807, 2.05) is 0 Å². The average molecular weight is 216 g/mol. The zero-order valence-electron chi connectivity index (χ0n) is 9.16. The van der Waals surface area contributed by atoms with Crippen molar-refractivity contribution in [3.05, 3.63) is 0 Å². The summed E-state index contributed by atoms with van der Waals surface area (Å²) in [5.74, 6) is 8.33. The van der Waals surface area contributed by atoms with Crippen LogP contribution in [0.3, 0.4) is 0 Å². The number of ether oxygens (including phenoxy) is 2. The third kappa shape index (κ3) is 0.504. The standard InChI is InChI=1S/C14H16O2/c1-3-4-2-6(12-11(4)15-12)7(3)8-5(1)9-10(8)14-13(9)16-14/h3-14H,1-2H2. The van der Waals surface area contributed by atoms with Gasteiger partial charge in [-0.25, -0.2) is 0 Å². The molecule has 2 bridgehead atoms. The van der Waals surface area contributed by atoms with Crippen LogP contribution in [0.1, 0.15) is 12.8 Å². The summed E-state index contributed by atoms with van der Waals surface area (Å²) in [6.07, 6.45) is 6.01. The van der Waals surface area contributed by atoms with Crippen molar-refractivity contribution in [2.75, 3.05) is 0 Å². The van der Waals surface area contributed by atoms with Gasteiger partial charge in [-0.15, -0.1) is 0 Å². The molecule has 2 aliphatic heterocycles. The van der Waals surface area contributed by atoms with E-state index in [0.29, 0.717) is 0 Å². The van der Waals surface area contributed by atoms with Gasteiger partial charge in [0.25, 0.3) is 0 Å². The highest BCUT2D eigenvalue weighted by molar-refractivity contribution is 5.29. The quantitative estimate of drug-likeness (QED) is 0.570. The lowest BCUT2D eigenvalue weighted by Gasteiger charge is -2.55. The lowest BCUT2D eigenvalue weighted by molar-refractivity contribution is -0.0774. The molecule has 5 saturated carbocycles. The van der Waals surface area contributed by atoms with E-state index in [2.05, 4.69) is 0 Å². The van der Waals surface area contributed by atoms with Crippen LogP contribution in [0.4, 0.5) is 0 Å². The number of fused-ring (bicyclic) bond motifs is 16. The zero-order chi connectivity index (χ0) is 9.76.